The predicted molar refractivity (Wildman–Crippen MR) is 107 cm³/mol. The molecule has 8 heteroatoms. The van der Waals surface area contributed by atoms with Gasteiger partial charge >= 0.3 is 6.03 Å². The molecule has 27 heavy (non-hydrogen) atoms. The Kier molecular flexibility index (Phi) is 9.80. The lowest BCUT2D eigenvalue weighted by Crippen LogP contribution is -2.47. The van der Waals surface area contributed by atoms with Gasteiger partial charge in [-0.05, 0) is 37.1 Å². The van der Waals surface area contributed by atoms with Gasteiger partial charge in [-0.2, -0.15) is 0 Å². The Morgan fingerprint density at radius 1 is 0.963 bits per heavy atom. The summed E-state index contributed by atoms with van der Waals surface area (Å²) in [6.07, 6.45) is 5.70. The van der Waals surface area contributed by atoms with Crippen molar-refractivity contribution in [2.45, 2.75) is 63.7 Å². The molecule has 0 saturated carbocycles. The van der Waals surface area contributed by atoms with Crippen LogP contribution in [0.4, 0.5) is 4.79 Å². The number of hydrogen-bond donors (Lipinski definition) is 0. The molecule has 0 unspecified atom stereocenters. The van der Waals surface area contributed by atoms with E-state index < -0.39 is 16.1 Å². The molecule has 0 bridgehead atoms. The van der Waals surface area contributed by atoms with E-state index in [-0.39, 0.29) is 23.8 Å². The zero-order valence-corrected chi connectivity index (χ0v) is 17.9. The number of unbranched alkanes of at least 4 members (excludes halogenated alkanes) is 4. The van der Waals surface area contributed by atoms with Crippen molar-refractivity contribution in [2.24, 2.45) is 0 Å². The first kappa shape index (κ1) is 23.4. The summed E-state index contributed by atoms with van der Waals surface area (Å²) in [6, 6.07) is 4.73. The van der Waals surface area contributed by atoms with Gasteiger partial charge in [0.15, 0.2) is 0 Å². The van der Waals surface area contributed by atoms with Crippen molar-refractivity contribution in [2.75, 3.05) is 13.6 Å². The van der Waals surface area contributed by atoms with Crippen LogP contribution in [0.2, 0.25) is 5.02 Å². The molecule has 0 aliphatic carbocycles. The molecule has 0 aliphatic rings. The first-order valence-electron chi connectivity index (χ1n) is 9.34. The number of imide groups is 1. The minimum Gasteiger partial charge on any atom is -0.274 e. The van der Waals surface area contributed by atoms with Gasteiger partial charge in [0.1, 0.15) is 0 Å². The molecule has 1 rings (SSSR count). The highest BCUT2D eigenvalue weighted by Crippen LogP contribution is 2.19. The number of hydrogen-bond acceptors (Lipinski definition) is 4. The Morgan fingerprint density at radius 3 is 2.11 bits per heavy atom. The molecule has 1 aromatic carbocycles. The van der Waals surface area contributed by atoms with Gasteiger partial charge in [-0.25, -0.2) is 17.5 Å². The number of amides is 3. The van der Waals surface area contributed by atoms with Gasteiger partial charge < -0.3 is 0 Å². The van der Waals surface area contributed by atoms with Gasteiger partial charge in [-0.1, -0.05) is 51.1 Å². The zero-order valence-electron chi connectivity index (χ0n) is 16.3. The van der Waals surface area contributed by atoms with Crippen LogP contribution in [0.3, 0.4) is 0 Å². The lowest BCUT2D eigenvalue weighted by atomic mass is 10.1. The summed E-state index contributed by atoms with van der Waals surface area (Å²) >= 11 is 5.79. The Hall–Kier alpha value is -1.60. The Labute approximate surface area is 167 Å². The molecule has 0 radical (unpaired) electrons. The summed E-state index contributed by atoms with van der Waals surface area (Å²) < 4.78 is 26.0. The second-order valence-electron chi connectivity index (χ2n) is 6.42. The molecule has 0 spiro atoms. The quantitative estimate of drug-likeness (QED) is 0.519. The Balaban J connectivity index is 2.85. The molecule has 152 valence electrons. The zero-order chi connectivity index (χ0) is 20.4. The average Bonchev–Trinajstić information content (AvgIpc) is 2.65. The molecule has 0 N–H and O–H groups in total. The topological polar surface area (TPSA) is 74.8 Å². The van der Waals surface area contributed by atoms with E-state index in [9.17, 15) is 18.0 Å². The van der Waals surface area contributed by atoms with Crippen molar-refractivity contribution in [1.82, 2.24) is 9.21 Å². The van der Waals surface area contributed by atoms with Crippen LogP contribution in [-0.4, -0.2) is 43.2 Å². The summed E-state index contributed by atoms with van der Waals surface area (Å²) in [4.78, 5) is 26.2. The SMILES string of the molecule is CCCCCCCC(=O)N(CCC)C(=O)N(C)S(=O)(=O)c1ccc(Cl)cc1. The van der Waals surface area contributed by atoms with Crippen LogP contribution in [0.5, 0.6) is 0 Å². The van der Waals surface area contributed by atoms with E-state index in [1.165, 1.54) is 31.3 Å². The third-order valence-electron chi connectivity index (χ3n) is 4.21. The highest BCUT2D eigenvalue weighted by molar-refractivity contribution is 7.89. The summed E-state index contributed by atoms with van der Waals surface area (Å²) in [5.74, 6) is -0.337. The van der Waals surface area contributed by atoms with Gasteiger partial charge in [-0.3, -0.25) is 9.69 Å². The van der Waals surface area contributed by atoms with E-state index in [2.05, 4.69) is 6.92 Å². The highest BCUT2D eigenvalue weighted by atomic mass is 35.5. The summed E-state index contributed by atoms with van der Waals surface area (Å²) in [5, 5.41) is 0.397. The summed E-state index contributed by atoms with van der Waals surface area (Å²) in [5.41, 5.74) is 0. The first-order chi connectivity index (χ1) is 12.8. The van der Waals surface area contributed by atoms with Crippen molar-refractivity contribution in [3.05, 3.63) is 29.3 Å². The van der Waals surface area contributed by atoms with Gasteiger partial charge in [0.2, 0.25) is 5.91 Å². The van der Waals surface area contributed by atoms with Gasteiger partial charge in [0.25, 0.3) is 10.0 Å². The number of halogens is 1. The minimum atomic E-state index is -4.05. The Bertz CT molecular complexity index is 720. The number of carbonyl (C=O) groups excluding carboxylic acids is 2. The largest absolute Gasteiger partial charge is 0.340 e. The molecule has 3 amide bonds. The summed E-state index contributed by atoms with van der Waals surface area (Å²) in [6.45, 7) is 4.14. The highest BCUT2D eigenvalue weighted by Gasteiger charge is 2.31. The molecule has 0 fully saturated rings. The lowest BCUT2D eigenvalue weighted by molar-refractivity contribution is -0.128. The smallest absolute Gasteiger partial charge is 0.274 e. The maximum atomic E-state index is 12.7. The first-order valence-corrected chi connectivity index (χ1v) is 11.2. The van der Waals surface area contributed by atoms with Crippen molar-refractivity contribution in [3.8, 4) is 0 Å². The van der Waals surface area contributed by atoms with Gasteiger partial charge in [0, 0.05) is 25.0 Å². The van der Waals surface area contributed by atoms with Crippen LogP contribution in [-0.2, 0) is 14.8 Å². The third-order valence-corrected chi connectivity index (χ3v) is 6.21. The Morgan fingerprint density at radius 2 is 1.56 bits per heavy atom. The molecule has 0 aliphatic heterocycles. The summed E-state index contributed by atoms with van der Waals surface area (Å²) in [7, 11) is -2.88. The van der Waals surface area contributed by atoms with Gasteiger partial charge in [-0.15, -0.1) is 0 Å². The predicted octanol–water partition coefficient (Wildman–Crippen LogP) is 4.68. The van der Waals surface area contributed by atoms with E-state index in [1.807, 2.05) is 6.92 Å². The minimum absolute atomic E-state index is 0.0498. The van der Waals surface area contributed by atoms with Crippen molar-refractivity contribution < 1.29 is 18.0 Å². The molecular weight excluding hydrogens is 388 g/mol. The van der Waals surface area contributed by atoms with E-state index in [4.69, 9.17) is 11.6 Å². The van der Waals surface area contributed by atoms with Crippen LogP contribution in [0.25, 0.3) is 0 Å². The maximum Gasteiger partial charge on any atom is 0.340 e. The van der Waals surface area contributed by atoms with E-state index >= 15 is 0 Å². The second-order valence-corrected chi connectivity index (χ2v) is 8.82. The molecule has 0 heterocycles. The fourth-order valence-corrected chi connectivity index (χ4v) is 3.83. The molecule has 0 atom stereocenters. The number of nitrogens with zero attached hydrogens (tertiary/aromatic N) is 2. The van der Waals surface area contributed by atoms with Crippen LogP contribution in [0, 0.1) is 0 Å². The van der Waals surface area contributed by atoms with Crippen LogP contribution in [0.1, 0.15) is 58.8 Å². The average molecular weight is 417 g/mol. The second kappa shape index (κ2) is 11.3. The lowest BCUT2D eigenvalue weighted by Gasteiger charge is -2.26. The maximum absolute atomic E-state index is 12.7. The molecule has 1 aromatic rings. The number of benzene rings is 1. The standard InChI is InChI=1S/C19H29ClN2O4S/c1-4-6-7-8-9-10-18(23)22(15-5-2)19(24)21(3)27(25,26)17-13-11-16(20)12-14-17/h11-14H,4-10,15H2,1-3H3. The fourth-order valence-electron chi connectivity index (χ4n) is 2.60. The normalized spacial score (nSPS) is 11.3. The van der Waals surface area contributed by atoms with Crippen molar-refractivity contribution >= 4 is 33.6 Å². The van der Waals surface area contributed by atoms with E-state index in [1.54, 1.807) is 0 Å². The molecular formula is C19H29ClN2O4S. The van der Waals surface area contributed by atoms with Crippen LogP contribution in [0.15, 0.2) is 29.2 Å². The monoisotopic (exact) mass is 416 g/mol. The number of rotatable bonds is 10. The van der Waals surface area contributed by atoms with E-state index in [0.29, 0.717) is 22.2 Å². The van der Waals surface area contributed by atoms with Crippen molar-refractivity contribution in [1.29, 1.82) is 0 Å². The van der Waals surface area contributed by atoms with E-state index in [0.717, 1.165) is 30.6 Å². The number of sulfonamides is 1. The number of urea groups is 1. The molecule has 6 nitrogen and oxygen atoms in total. The van der Waals surface area contributed by atoms with Crippen LogP contribution < -0.4 is 0 Å². The fraction of sp³-hybridized carbons (Fsp3) is 0.579. The molecule has 0 aromatic heterocycles. The van der Waals surface area contributed by atoms with Crippen molar-refractivity contribution in [3.63, 3.8) is 0 Å². The van der Waals surface area contributed by atoms with Crippen LogP contribution >= 0.6 is 11.6 Å². The third kappa shape index (κ3) is 6.81. The number of carbonyl (C=O) groups is 2. The van der Waals surface area contributed by atoms with Gasteiger partial charge in [0.05, 0.1) is 4.90 Å². The molecule has 0 saturated heterocycles.